The van der Waals surface area contributed by atoms with Gasteiger partial charge in [0.25, 0.3) is 0 Å². The van der Waals surface area contributed by atoms with Crippen LogP contribution < -0.4 is 4.74 Å². The second-order valence-corrected chi connectivity index (χ2v) is 8.43. The highest BCUT2D eigenvalue weighted by atomic mass is 16.5. The number of hydrogen-bond donors (Lipinski definition) is 0. The predicted molar refractivity (Wildman–Crippen MR) is 102 cm³/mol. The van der Waals surface area contributed by atoms with Crippen LogP contribution in [0.15, 0.2) is 29.8 Å². The summed E-state index contributed by atoms with van der Waals surface area (Å²) < 4.78 is 5.34. The number of likely N-dealkylation sites (tertiary alicyclic amines) is 1. The van der Waals surface area contributed by atoms with E-state index >= 15 is 0 Å². The van der Waals surface area contributed by atoms with Crippen LogP contribution in [0.2, 0.25) is 0 Å². The number of hydrogen-bond acceptors (Lipinski definition) is 3. The van der Waals surface area contributed by atoms with Crippen molar-refractivity contribution >= 4 is 5.97 Å². The Labute approximate surface area is 152 Å². The Morgan fingerprint density at radius 1 is 1.32 bits per heavy atom. The lowest BCUT2D eigenvalue weighted by Gasteiger charge is -2.52. The van der Waals surface area contributed by atoms with Gasteiger partial charge in [-0.25, -0.2) is 0 Å². The van der Waals surface area contributed by atoms with E-state index in [2.05, 4.69) is 50.8 Å². The van der Waals surface area contributed by atoms with Gasteiger partial charge in [-0.15, -0.1) is 0 Å². The molecule has 1 saturated heterocycles. The number of rotatable bonds is 3. The molecular formula is C22H31NO2. The van der Waals surface area contributed by atoms with E-state index in [0.717, 1.165) is 13.0 Å². The highest BCUT2D eigenvalue weighted by Crippen LogP contribution is 2.47. The first kappa shape index (κ1) is 18.2. The highest BCUT2D eigenvalue weighted by molar-refractivity contribution is 5.69. The number of ether oxygens (including phenoxy) is 1. The van der Waals surface area contributed by atoms with Crippen LogP contribution in [-0.4, -0.2) is 30.0 Å². The number of esters is 1. The number of carbonyl (C=O) groups is 1. The third kappa shape index (κ3) is 3.67. The quantitative estimate of drug-likeness (QED) is 0.461. The van der Waals surface area contributed by atoms with Crippen molar-refractivity contribution in [3.05, 3.63) is 41.0 Å². The molecule has 0 bridgehead atoms. The molecule has 0 amide bonds. The van der Waals surface area contributed by atoms with Gasteiger partial charge in [-0.1, -0.05) is 31.6 Å². The van der Waals surface area contributed by atoms with E-state index < -0.39 is 0 Å². The SMILES string of the molecule is CC(=O)Oc1ccc2c(c1)C(C)(C)[C@@H]1CCCN(CC=C(C)C)[C@@H]1C2. The van der Waals surface area contributed by atoms with E-state index in [1.165, 1.54) is 43.0 Å². The van der Waals surface area contributed by atoms with Gasteiger partial charge in [-0.2, -0.15) is 0 Å². The van der Waals surface area contributed by atoms with E-state index in [9.17, 15) is 4.79 Å². The van der Waals surface area contributed by atoms with Crippen LogP contribution in [0.3, 0.4) is 0 Å². The van der Waals surface area contributed by atoms with Crippen LogP contribution in [0.4, 0.5) is 0 Å². The van der Waals surface area contributed by atoms with Crippen molar-refractivity contribution in [2.75, 3.05) is 13.1 Å². The molecule has 0 unspecified atom stereocenters. The van der Waals surface area contributed by atoms with Gasteiger partial charge in [0, 0.05) is 19.5 Å². The van der Waals surface area contributed by atoms with Gasteiger partial charge in [0.2, 0.25) is 0 Å². The van der Waals surface area contributed by atoms with E-state index in [-0.39, 0.29) is 11.4 Å². The highest BCUT2D eigenvalue weighted by Gasteiger charge is 2.45. The Bertz CT molecular complexity index is 685. The first-order chi connectivity index (χ1) is 11.8. The van der Waals surface area contributed by atoms with Gasteiger partial charge in [0.1, 0.15) is 5.75 Å². The molecule has 0 saturated carbocycles. The predicted octanol–water partition coefficient (Wildman–Crippen LogP) is 4.49. The molecule has 1 heterocycles. The summed E-state index contributed by atoms with van der Waals surface area (Å²) in [5, 5.41) is 0. The first-order valence-corrected chi connectivity index (χ1v) is 9.48. The number of nitrogens with zero attached hydrogens (tertiary/aromatic N) is 1. The standard InChI is InChI=1S/C22H31NO2/c1-15(2)10-12-23-11-6-7-19-21(23)13-17-8-9-18(25-16(3)24)14-20(17)22(19,4)5/h8-10,14,19,21H,6-7,11-13H2,1-5H3/t19-,21-/m1/s1. The molecule has 0 spiro atoms. The van der Waals surface area contributed by atoms with Gasteiger partial charge in [-0.05, 0) is 74.2 Å². The fourth-order valence-corrected chi connectivity index (χ4v) is 4.75. The molecular weight excluding hydrogens is 310 g/mol. The molecule has 1 aromatic carbocycles. The molecule has 2 aliphatic rings. The number of carbonyl (C=O) groups excluding carboxylic acids is 1. The normalized spacial score (nSPS) is 24.8. The Morgan fingerprint density at radius 2 is 2.08 bits per heavy atom. The van der Waals surface area contributed by atoms with Crippen LogP contribution in [-0.2, 0) is 16.6 Å². The Hall–Kier alpha value is -1.61. The maximum Gasteiger partial charge on any atom is 0.308 e. The molecule has 1 aliphatic carbocycles. The summed E-state index contributed by atoms with van der Waals surface area (Å²) >= 11 is 0. The zero-order valence-electron chi connectivity index (χ0n) is 16.3. The average molecular weight is 341 g/mol. The van der Waals surface area contributed by atoms with Gasteiger partial charge in [-0.3, -0.25) is 9.69 Å². The van der Waals surface area contributed by atoms with Crippen LogP contribution in [0.25, 0.3) is 0 Å². The average Bonchev–Trinajstić information content (AvgIpc) is 2.53. The van der Waals surface area contributed by atoms with E-state index in [4.69, 9.17) is 4.74 Å². The smallest absolute Gasteiger partial charge is 0.308 e. The molecule has 136 valence electrons. The number of allylic oxidation sites excluding steroid dienone is 1. The Morgan fingerprint density at radius 3 is 2.76 bits per heavy atom. The van der Waals surface area contributed by atoms with Crippen LogP contribution >= 0.6 is 0 Å². The summed E-state index contributed by atoms with van der Waals surface area (Å²) in [4.78, 5) is 14.0. The lowest BCUT2D eigenvalue weighted by atomic mass is 9.60. The summed E-state index contributed by atoms with van der Waals surface area (Å²) in [5.74, 6) is 1.07. The minimum absolute atomic E-state index is 0.0953. The van der Waals surface area contributed by atoms with E-state index in [1.807, 2.05) is 6.07 Å². The molecule has 0 radical (unpaired) electrons. The largest absolute Gasteiger partial charge is 0.427 e. The van der Waals surface area contributed by atoms with Crippen LogP contribution in [0, 0.1) is 5.92 Å². The van der Waals surface area contributed by atoms with E-state index in [0.29, 0.717) is 17.7 Å². The number of fused-ring (bicyclic) bond motifs is 2. The van der Waals surface area contributed by atoms with Gasteiger partial charge in [0.15, 0.2) is 0 Å². The van der Waals surface area contributed by atoms with Crippen molar-refractivity contribution in [3.8, 4) is 5.75 Å². The molecule has 0 aromatic heterocycles. The lowest BCUT2D eigenvalue weighted by molar-refractivity contribution is -0.131. The van der Waals surface area contributed by atoms with Gasteiger partial charge >= 0.3 is 5.97 Å². The Kier molecular flexibility index (Phi) is 5.06. The summed E-state index contributed by atoms with van der Waals surface area (Å²) in [7, 11) is 0. The fraction of sp³-hybridized carbons (Fsp3) is 0.591. The van der Waals surface area contributed by atoms with Crippen molar-refractivity contribution in [2.24, 2.45) is 5.92 Å². The summed E-state index contributed by atoms with van der Waals surface area (Å²) in [6.45, 7) is 12.8. The van der Waals surface area contributed by atoms with Crippen molar-refractivity contribution in [1.29, 1.82) is 0 Å². The fourth-order valence-electron chi connectivity index (χ4n) is 4.75. The molecule has 3 rings (SSSR count). The zero-order valence-corrected chi connectivity index (χ0v) is 16.3. The van der Waals surface area contributed by atoms with Gasteiger partial charge < -0.3 is 4.74 Å². The number of piperidine rings is 1. The third-order valence-corrected chi connectivity index (χ3v) is 6.02. The molecule has 2 atom stereocenters. The maximum absolute atomic E-state index is 11.3. The molecule has 1 aromatic rings. The molecule has 0 N–H and O–H groups in total. The van der Waals surface area contributed by atoms with Crippen molar-refractivity contribution < 1.29 is 9.53 Å². The second-order valence-electron chi connectivity index (χ2n) is 8.43. The molecule has 3 nitrogen and oxygen atoms in total. The van der Waals surface area contributed by atoms with Crippen molar-refractivity contribution in [1.82, 2.24) is 4.90 Å². The van der Waals surface area contributed by atoms with Crippen molar-refractivity contribution in [2.45, 2.75) is 65.3 Å². The molecule has 1 fully saturated rings. The minimum atomic E-state index is -0.253. The first-order valence-electron chi connectivity index (χ1n) is 9.48. The summed E-state index contributed by atoms with van der Waals surface area (Å²) in [6, 6.07) is 6.81. The molecule has 1 aliphatic heterocycles. The monoisotopic (exact) mass is 341 g/mol. The molecule has 3 heteroatoms. The van der Waals surface area contributed by atoms with Gasteiger partial charge in [0.05, 0.1) is 0 Å². The van der Waals surface area contributed by atoms with Crippen LogP contribution in [0.5, 0.6) is 5.75 Å². The molecule has 25 heavy (non-hydrogen) atoms. The van der Waals surface area contributed by atoms with E-state index in [1.54, 1.807) is 0 Å². The Balaban J connectivity index is 1.93. The summed E-state index contributed by atoms with van der Waals surface area (Å²) in [6.07, 6.45) is 6.00. The lowest BCUT2D eigenvalue weighted by Crippen LogP contribution is -2.55. The van der Waals surface area contributed by atoms with Crippen LogP contribution in [0.1, 0.15) is 58.6 Å². The number of benzene rings is 1. The summed E-state index contributed by atoms with van der Waals surface area (Å²) in [5.41, 5.74) is 4.25. The minimum Gasteiger partial charge on any atom is -0.427 e. The zero-order chi connectivity index (χ0) is 18.2. The maximum atomic E-state index is 11.3. The van der Waals surface area contributed by atoms with Crippen molar-refractivity contribution in [3.63, 3.8) is 0 Å². The second kappa shape index (κ2) is 6.95. The third-order valence-electron chi connectivity index (χ3n) is 6.02. The topological polar surface area (TPSA) is 29.5 Å².